The summed E-state index contributed by atoms with van der Waals surface area (Å²) in [5, 5.41) is -5.36. The summed E-state index contributed by atoms with van der Waals surface area (Å²) >= 11 is 0. The Labute approximate surface area is 242 Å². The van der Waals surface area contributed by atoms with Crippen molar-refractivity contribution in [1.82, 2.24) is 0 Å². The van der Waals surface area contributed by atoms with Gasteiger partial charge in [0, 0.05) is 12.3 Å². The van der Waals surface area contributed by atoms with E-state index in [1.807, 2.05) is 6.92 Å². The lowest BCUT2D eigenvalue weighted by Gasteiger charge is -2.60. The predicted molar refractivity (Wildman–Crippen MR) is 137 cm³/mol. The van der Waals surface area contributed by atoms with Gasteiger partial charge in [-0.2, -0.15) is 8.78 Å². The molecule has 7 atom stereocenters. The highest BCUT2D eigenvalue weighted by atomic mass is 32.3. The molecule has 1 aliphatic heterocycles. The van der Waals surface area contributed by atoms with E-state index in [9.17, 15) is 31.2 Å². The van der Waals surface area contributed by atoms with Crippen LogP contribution in [0.3, 0.4) is 0 Å². The van der Waals surface area contributed by atoms with Crippen molar-refractivity contribution in [2.24, 2.45) is 35.0 Å². The number of halogens is 2. The Bertz CT molecular complexity index is 1410. The van der Waals surface area contributed by atoms with Crippen molar-refractivity contribution in [2.75, 3.05) is 0 Å². The maximum atomic E-state index is 15.2. The number of carbonyl (C=O) groups is 3. The van der Waals surface area contributed by atoms with Crippen LogP contribution in [-0.2, 0) is 53.1 Å². The number of hydrogen-bond acceptors (Lipinski definition) is 11. The molecule has 0 aromatic carbocycles. The Kier molecular flexibility index (Phi) is 6.67. The van der Waals surface area contributed by atoms with Gasteiger partial charge in [0.15, 0.2) is 10.0 Å². The van der Waals surface area contributed by atoms with E-state index in [-0.39, 0.29) is 43.4 Å². The van der Waals surface area contributed by atoms with Crippen LogP contribution in [0.4, 0.5) is 8.78 Å². The van der Waals surface area contributed by atoms with E-state index in [1.54, 1.807) is 13.8 Å². The fourth-order valence-electron chi connectivity index (χ4n) is 8.69. The van der Waals surface area contributed by atoms with Crippen molar-refractivity contribution in [3.05, 3.63) is 4.13 Å². The first-order valence-corrected chi connectivity index (χ1v) is 17.1. The summed E-state index contributed by atoms with van der Waals surface area (Å²) < 4.78 is 104. The smallest absolute Gasteiger partial charge is 0.424 e. The number of alkyl halides is 2. The van der Waals surface area contributed by atoms with Crippen molar-refractivity contribution in [2.45, 2.75) is 107 Å². The second-order valence-electron chi connectivity index (χ2n) is 13.8. The van der Waals surface area contributed by atoms with Crippen molar-refractivity contribution in [3.8, 4) is 0 Å². The molecule has 0 aromatic heterocycles. The summed E-state index contributed by atoms with van der Waals surface area (Å²) in [5.74, 6) is -4.86. The zero-order chi connectivity index (χ0) is 30.7. The molecule has 16 heteroatoms. The zero-order valence-electron chi connectivity index (χ0n) is 23.4. The van der Waals surface area contributed by atoms with Crippen LogP contribution >= 0.6 is 0 Å². The SMILES string of the molecule is CCC(C)(C)OC(=O)C12CC3CC(CC(OC(=O)C(F)(F)S(=O)(=O)[N-]S(=O)(=O)OC4C5CC6C(=O)OC4C6C5)(C3)C1)C2. The van der Waals surface area contributed by atoms with Gasteiger partial charge in [-0.15, -0.1) is 0 Å². The summed E-state index contributed by atoms with van der Waals surface area (Å²) in [4.78, 5) is 38.0. The highest BCUT2D eigenvalue weighted by molar-refractivity contribution is 8.11. The fraction of sp³-hybridized carbons (Fsp3) is 0.885. The van der Waals surface area contributed by atoms with E-state index in [1.165, 1.54) is 0 Å². The lowest BCUT2D eigenvalue weighted by molar-refractivity contribution is -0.224. The van der Waals surface area contributed by atoms with Crippen LogP contribution in [0.25, 0.3) is 4.13 Å². The van der Waals surface area contributed by atoms with Gasteiger partial charge in [-0.25, -0.2) is 21.6 Å². The number of hydrogen-bond donors (Lipinski definition) is 0. The molecule has 7 rings (SSSR count). The number of carbonyl (C=O) groups excluding carboxylic acids is 3. The maximum Gasteiger partial charge on any atom is 0.424 e. The van der Waals surface area contributed by atoms with Gasteiger partial charge in [0.1, 0.15) is 23.4 Å². The standard InChI is InChI=1S/C26H34F2NO11S2/c1-4-23(2,3)38-21(31)24-8-13-5-14(9-24)11-25(10-13,12-24)39-22(32)26(27,28)41(33,34)29-42(35,36)40-18-15-6-16-17(7-15)20(30)37-19(16)18/h13-19H,4-12H2,1-3H3/q-1. The van der Waals surface area contributed by atoms with Gasteiger partial charge in [-0.3, -0.25) is 13.8 Å². The monoisotopic (exact) mass is 638 g/mol. The van der Waals surface area contributed by atoms with E-state index in [2.05, 4.69) is 4.13 Å². The zero-order valence-corrected chi connectivity index (χ0v) is 25.0. The van der Waals surface area contributed by atoms with Gasteiger partial charge in [-0.1, -0.05) is 6.92 Å². The molecule has 236 valence electrons. The maximum absolute atomic E-state index is 15.2. The van der Waals surface area contributed by atoms with Crippen molar-refractivity contribution in [1.29, 1.82) is 0 Å². The van der Waals surface area contributed by atoms with Crippen LogP contribution in [-0.4, -0.2) is 63.4 Å². The van der Waals surface area contributed by atoms with E-state index >= 15 is 8.78 Å². The average molecular weight is 639 g/mol. The fourth-order valence-corrected chi connectivity index (χ4v) is 11.0. The molecule has 12 nitrogen and oxygen atoms in total. The van der Waals surface area contributed by atoms with Gasteiger partial charge in [0.2, 0.25) is 10.3 Å². The van der Waals surface area contributed by atoms with Crippen LogP contribution in [0.5, 0.6) is 0 Å². The van der Waals surface area contributed by atoms with E-state index in [0.29, 0.717) is 32.1 Å². The van der Waals surface area contributed by atoms with E-state index in [4.69, 9.17) is 18.4 Å². The van der Waals surface area contributed by atoms with Crippen molar-refractivity contribution >= 4 is 38.2 Å². The third-order valence-electron chi connectivity index (χ3n) is 10.4. The number of esters is 3. The first kappa shape index (κ1) is 30.1. The summed E-state index contributed by atoms with van der Waals surface area (Å²) in [6.07, 6.45) is 0.848. The first-order valence-electron chi connectivity index (χ1n) is 14.3. The molecule has 6 saturated carbocycles. The van der Waals surface area contributed by atoms with Crippen LogP contribution < -0.4 is 0 Å². The molecule has 1 saturated heterocycles. The Hall–Kier alpha value is -1.91. The molecule has 0 spiro atoms. The molecule has 7 unspecified atom stereocenters. The Balaban J connectivity index is 1.16. The lowest BCUT2D eigenvalue weighted by atomic mass is 9.48. The average Bonchev–Trinajstić information content (AvgIpc) is 3.47. The number of nitrogens with zero attached hydrogens (tertiary/aromatic N) is 1. The molecule has 42 heavy (non-hydrogen) atoms. The highest BCUT2D eigenvalue weighted by Gasteiger charge is 2.66. The van der Waals surface area contributed by atoms with Gasteiger partial charge >= 0.3 is 23.2 Å². The minimum Gasteiger partial charge on any atom is -0.459 e. The molecule has 0 amide bonds. The Morgan fingerprint density at radius 1 is 1.05 bits per heavy atom. The normalized spacial score (nSPS) is 40.3. The Morgan fingerprint density at radius 2 is 1.69 bits per heavy atom. The highest BCUT2D eigenvalue weighted by Crippen LogP contribution is 2.64. The van der Waals surface area contributed by atoms with Crippen LogP contribution in [0.2, 0.25) is 0 Å². The van der Waals surface area contributed by atoms with Gasteiger partial charge in [-0.05, 0) is 83.0 Å². The first-order chi connectivity index (χ1) is 19.3. The summed E-state index contributed by atoms with van der Waals surface area (Å²) in [6.45, 7) is 5.36. The Morgan fingerprint density at radius 3 is 2.31 bits per heavy atom. The number of rotatable bonds is 10. The molecule has 0 aromatic rings. The number of fused-ring (bicyclic) bond motifs is 1. The number of sulfonamides is 1. The number of ether oxygens (including phenoxy) is 3. The summed E-state index contributed by atoms with van der Waals surface area (Å²) in [5.41, 5.74) is -3.35. The molecule has 0 N–H and O–H groups in total. The third-order valence-corrected chi connectivity index (χ3v) is 13.2. The van der Waals surface area contributed by atoms with Gasteiger partial charge in [0.05, 0.1) is 11.3 Å². The second kappa shape index (κ2) is 9.30. The predicted octanol–water partition coefficient (Wildman–Crippen LogP) is 3.11. The van der Waals surface area contributed by atoms with Crippen LogP contribution in [0.1, 0.15) is 78.6 Å². The van der Waals surface area contributed by atoms with E-state index < -0.39 is 84.2 Å². The third kappa shape index (κ3) is 4.74. The van der Waals surface area contributed by atoms with Crippen molar-refractivity contribution < 1.29 is 58.4 Å². The molecule has 6 aliphatic carbocycles. The van der Waals surface area contributed by atoms with Gasteiger partial charge in [0.25, 0.3) is 0 Å². The molecule has 7 aliphatic rings. The minimum atomic E-state index is -6.33. The summed E-state index contributed by atoms with van der Waals surface area (Å²) in [6, 6.07) is 0. The molecule has 7 fully saturated rings. The molecule has 0 radical (unpaired) electrons. The van der Waals surface area contributed by atoms with Gasteiger partial charge < -0.3 is 18.3 Å². The minimum absolute atomic E-state index is 0.0998. The largest absolute Gasteiger partial charge is 0.459 e. The molecular weight excluding hydrogens is 604 g/mol. The molecular formula is C26H34F2NO11S2-. The summed E-state index contributed by atoms with van der Waals surface area (Å²) in [7, 11) is -11.8. The topological polar surface area (TPSA) is 171 Å². The molecule has 6 bridgehead atoms. The van der Waals surface area contributed by atoms with Crippen LogP contribution in [0, 0.1) is 35.0 Å². The second-order valence-corrected chi connectivity index (χ2v) is 16.9. The van der Waals surface area contributed by atoms with Crippen LogP contribution in [0.15, 0.2) is 0 Å². The van der Waals surface area contributed by atoms with E-state index in [0.717, 1.165) is 0 Å². The van der Waals surface area contributed by atoms with Crippen molar-refractivity contribution in [3.63, 3.8) is 0 Å². The lowest BCUT2D eigenvalue weighted by Crippen LogP contribution is -2.61. The quantitative estimate of drug-likeness (QED) is 0.254. The molecule has 1 heterocycles.